The van der Waals surface area contributed by atoms with E-state index in [4.69, 9.17) is 0 Å². The highest BCUT2D eigenvalue weighted by Crippen LogP contribution is 2.27. The minimum absolute atomic E-state index is 0.00944. The highest BCUT2D eigenvalue weighted by atomic mass is 79.9. The van der Waals surface area contributed by atoms with E-state index in [2.05, 4.69) is 60.2 Å². The summed E-state index contributed by atoms with van der Waals surface area (Å²) in [4.78, 5) is 0. The lowest BCUT2D eigenvalue weighted by Gasteiger charge is -2.31. The molecule has 2 nitrogen and oxygen atoms in total. The second kappa shape index (κ2) is 7.27. The van der Waals surface area contributed by atoms with Crippen LogP contribution in [-0.4, -0.2) is 18.3 Å². The molecular weight excluding hydrogens is 290 g/mol. The molecule has 0 amide bonds. The monoisotopic (exact) mass is 313 g/mol. The molecule has 0 aliphatic rings. The first kappa shape index (κ1) is 15.7. The van der Waals surface area contributed by atoms with Crippen molar-refractivity contribution >= 4 is 15.9 Å². The van der Waals surface area contributed by atoms with E-state index in [1.54, 1.807) is 0 Å². The molecule has 1 atom stereocenters. The zero-order valence-corrected chi connectivity index (χ0v) is 13.1. The van der Waals surface area contributed by atoms with Crippen molar-refractivity contribution in [2.24, 2.45) is 5.41 Å². The molecule has 3 heteroatoms. The average molecular weight is 314 g/mol. The van der Waals surface area contributed by atoms with Crippen molar-refractivity contribution < 1.29 is 5.11 Å². The van der Waals surface area contributed by atoms with Crippen LogP contribution in [0.4, 0.5) is 0 Å². The number of rotatable bonds is 7. The maximum Gasteiger partial charge on any atom is 0.0499 e. The summed E-state index contributed by atoms with van der Waals surface area (Å²) in [7, 11) is 0. The fourth-order valence-corrected chi connectivity index (χ4v) is 2.71. The quantitative estimate of drug-likeness (QED) is 0.800. The third-order valence-corrected chi connectivity index (χ3v) is 4.71. The molecule has 1 rings (SSSR count). The van der Waals surface area contributed by atoms with Crippen LogP contribution in [-0.2, 0) is 0 Å². The zero-order valence-electron chi connectivity index (χ0n) is 11.5. The van der Waals surface area contributed by atoms with Gasteiger partial charge in [0.25, 0.3) is 0 Å². The van der Waals surface area contributed by atoms with Gasteiger partial charge in [-0.2, -0.15) is 0 Å². The van der Waals surface area contributed by atoms with E-state index in [0.29, 0.717) is 0 Å². The first-order valence-electron chi connectivity index (χ1n) is 6.67. The van der Waals surface area contributed by atoms with Gasteiger partial charge in [-0.25, -0.2) is 0 Å². The third-order valence-electron chi connectivity index (χ3n) is 3.99. The molecular formula is C15H24BrNO. The van der Waals surface area contributed by atoms with Crippen LogP contribution in [0.5, 0.6) is 0 Å². The Hall–Kier alpha value is -0.380. The molecule has 18 heavy (non-hydrogen) atoms. The normalized spacial score (nSPS) is 13.6. The Morgan fingerprint density at radius 1 is 1.28 bits per heavy atom. The fourth-order valence-electron chi connectivity index (χ4n) is 2.09. The number of aliphatic hydroxyl groups excluding tert-OH is 1. The lowest BCUT2D eigenvalue weighted by Crippen LogP contribution is -2.37. The van der Waals surface area contributed by atoms with Gasteiger partial charge >= 0.3 is 0 Å². The van der Waals surface area contributed by atoms with Crippen LogP contribution < -0.4 is 5.32 Å². The van der Waals surface area contributed by atoms with Crippen molar-refractivity contribution in [2.75, 3.05) is 13.2 Å². The van der Waals surface area contributed by atoms with Crippen molar-refractivity contribution in [1.82, 2.24) is 5.32 Å². The minimum atomic E-state index is 0.00944. The summed E-state index contributed by atoms with van der Waals surface area (Å²) < 4.78 is 1.13. The Labute approximate surface area is 119 Å². The first-order valence-corrected chi connectivity index (χ1v) is 7.46. The van der Waals surface area contributed by atoms with E-state index in [0.717, 1.165) is 23.9 Å². The number of aliphatic hydroxyl groups is 1. The first-order chi connectivity index (χ1) is 8.58. The summed E-state index contributed by atoms with van der Waals surface area (Å²) in [5.74, 6) is 0. The van der Waals surface area contributed by atoms with Crippen molar-refractivity contribution in [1.29, 1.82) is 0 Å². The Bertz CT molecular complexity index is 355. The van der Waals surface area contributed by atoms with Gasteiger partial charge < -0.3 is 10.4 Å². The number of hydrogen-bond donors (Lipinski definition) is 2. The van der Waals surface area contributed by atoms with Gasteiger partial charge in [-0.1, -0.05) is 48.0 Å². The van der Waals surface area contributed by atoms with Crippen molar-refractivity contribution in [2.45, 2.75) is 39.7 Å². The molecule has 0 bridgehead atoms. The highest BCUT2D eigenvalue weighted by molar-refractivity contribution is 9.10. The van der Waals surface area contributed by atoms with Gasteiger partial charge in [-0.15, -0.1) is 0 Å². The minimum Gasteiger partial charge on any atom is -0.396 e. The van der Waals surface area contributed by atoms with E-state index in [9.17, 15) is 5.11 Å². The number of halogens is 1. The van der Waals surface area contributed by atoms with E-state index in [-0.39, 0.29) is 18.1 Å². The van der Waals surface area contributed by atoms with Gasteiger partial charge in [-0.05, 0) is 31.4 Å². The summed E-state index contributed by atoms with van der Waals surface area (Å²) in [6, 6.07) is 8.55. The topological polar surface area (TPSA) is 32.3 Å². The number of hydrogen-bond acceptors (Lipinski definition) is 2. The van der Waals surface area contributed by atoms with E-state index in [1.807, 2.05) is 6.07 Å². The fraction of sp³-hybridized carbons (Fsp3) is 0.600. The van der Waals surface area contributed by atoms with Crippen LogP contribution in [0.25, 0.3) is 0 Å². The molecule has 2 N–H and O–H groups in total. The van der Waals surface area contributed by atoms with E-state index < -0.39 is 0 Å². The second-order valence-electron chi connectivity index (χ2n) is 4.99. The van der Waals surface area contributed by atoms with Crippen molar-refractivity contribution in [3.05, 3.63) is 34.3 Å². The lowest BCUT2D eigenvalue weighted by atomic mass is 9.83. The van der Waals surface area contributed by atoms with Crippen LogP contribution in [0.15, 0.2) is 28.7 Å². The molecule has 0 saturated heterocycles. The summed E-state index contributed by atoms with van der Waals surface area (Å²) in [5.41, 5.74) is 1.27. The molecule has 0 aromatic heterocycles. The maximum absolute atomic E-state index is 9.57. The molecule has 0 fully saturated rings. The zero-order chi connectivity index (χ0) is 13.6. The second-order valence-corrected chi connectivity index (χ2v) is 5.84. The number of nitrogens with one attached hydrogen (secondary N) is 1. The van der Waals surface area contributed by atoms with E-state index in [1.165, 1.54) is 5.56 Å². The largest absolute Gasteiger partial charge is 0.396 e. The van der Waals surface area contributed by atoms with Crippen LogP contribution in [0.2, 0.25) is 0 Å². The van der Waals surface area contributed by atoms with Gasteiger partial charge in [-0.3, -0.25) is 0 Å². The Morgan fingerprint density at radius 2 is 1.89 bits per heavy atom. The van der Waals surface area contributed by atoms with Gasteiger partial charge in [0.1, 0.15) is 0 Å². The predicted octanol–water partition coefficient (Wildman–Crippen LogP) is 3.90. The van der Waals surface area contributed by atoms with Crippen LogP contribution in [0, 0.1) is 5.41 Å². The molecule has 0 unspecified atom stereocenters. The standard InChI is InChI=1S/C15H24BrNO/c1-4-15(5-2,11-18)10-17-12(3)13-8-6-7-9-14(13)16/h6-9,12,17-18H,4-5,10-11H2,1-3H3/t12-/m1/s1. The molecule has 0 aliphatic heterocycles. The molecule has 0 spiro atoms. The molecule has 1 aromatic carbocycles. The molecule has 0 saturated carbocycles. The van der Waals surface area contributed by atoms with Crippen LogP contribution >= 0.6 is 15.9 Å². The molecule has 0 heterocycles. The van der Waals surface area contributed by atoms with Gasteiger partial charge in [0, 0.05) is 29.1 Å². The Morgan fingerprint density at radius 3 is 2.39 bits per heavy atom. The molecule has 1 aromatic rings. The van der Waals surface area contributed by atoms with Crippen molar-refractivity contribution in [3.8, 4) is 0 Å². The maximum atomic E-state index is 9.57. The third kappa shape index (κ3) is 3.81. The lowest BCUT2D eigenvalue weighted by molar-refractivity contribution is 0.110. The average Bonchev–Trinajstić information content (AvgIpc) is 2.41. The summed E-state index contributed by atoms with van der Waals surface area (Å²) in [6.07, 6.45) is 1.99. The van der Waals surface area contributed by atoms with Gasteiger partial charge in [0.2, 0.25) is 0 Å². The SMILES string of the molecule is CCC(CC)(CO)CN[C@H](C)c1ccccc1Br. The van der Waals surface area contributed by atoms with Crippen LogP contribution in [0.3, 0.4) is 0 Å². The summed E-state index contributed by atoms with van der Waals surface area (Å²) >= 11 is 3.58. The predicted molar refractivity (Wildman–Crippen MR) is 80.7 cm³/mol. The van der Waals surface area contributed by atoms with Gasteiger partial charge in [0.05, 0.1) is 0 Å². The summed E-state index contributed by atoms with van der Waals surface area (Å²) in [6.45, 7) is 7.54. The van der Waals surface area contributed by atoms with Crippen LogP contribution in [0.1, 0.15) is 45.2 Å². The molecule has 0 radical (unpaired) electrons. The van der Waals surface area contributed by atoms with Crippen molar-refractivity contribution in [3.63, 3.8) is 0 Å². The molecule has 102 valence electrons. The summed E-state index contributed by atoms with van der Waals surface area (Å²) in [5, 5.41) is 13.1. The van der Waals surface area contributed by atoms with E-state index >= 15 is 0 Å². The smallest absolute Gasteiger partial charge is 0.0499 e. The Kier molecular flexibility index (Phi) is 6.33. The Balaban J connectivity index is 2.66. The highest BCUT2D eigenvalue weighted by Gasteiger charge is 2.25. The van der Waals surface area contributed by atoms with Gasteiger partial charge in [0.15, 0.2) is 0 Å². The number of benzene rings is 1. The molecule has 0 aliphatic carbocycles.